The maximum absolute atomic E-state index is 12.2. The molecule has 1 saturated heterocycles. The van der Waals surface area contributed by atoms with E-state index < -0.39 is 0 Å². The minimum atomic E-state index is -0.0996. The van der Waals surface area contributed by atoms with Crippen LogP contribution in [0.1, 0.15) is 39.9 Å². The molecule has 1 N–H and O–H groups in total. The fourth-order valence-corrected chi connectivity index (χ4v) is 3.42. The summed E-state index contributed by atoms with van der Waals surface area (Å²) < 4.78 is 0. The zero-order valence-corrected chi connectivity index (χ0v) is 13.5. The lowest BCUT2D eigenvalue weighted by atomic mass is 10.1. The number of nitrogens with one attached hydrogen (secondary N) is 1. The van der Waals surface area contributed by atoms with Gasteiger partial charge in [0.15, 0.2) is 0 Å². The second kappa shape index (κ2) is 6.98. The number of hydrogen-bond acceptors (Lipinski definition) is 5. The maximum atomic E-state index is 12.2. The molecule has 0 unspecified atom stereocenters. The second-order valence-electron chi connectivity index (χ2n) is 5.51. The van der Waals surface area contributed by atoms with E-state index in [-0.39, 0.29) is 11.9 Å². The summed E-state index contributed by atoms with van der Waals surface area (Å²) in [6.45, 7) is 4.64. The number of carbonyl (C=O) groups excluding carboxylic acids is 1. The molecular formula is C16H20N4OS. The van der Waals surface area contributed by atoms with Gasteiger partial charge in [-0.15, -0.1) is 11.3 Å². The first-order valence-corrected chi connectivity index (χ1v) is 8.46. The predicted octanol–water partition coefficient (Wildman–Crippen LogP) is 2.41. The van der Waals surface area contributed by atoms with Gasteiger partial charge in [-0.3, -0.25) is 14.7 Å². The van der Waals surface area contributed by atoms with Gasteiger partial charge in [0, 0.05) is 24.3 Å². The fourth-order valence-electron chi connectivity index (χ4n) is 2.83. The molecule has 1 amide bonds. The SMILES string of the molecule is Cc1nc(C(=O)NC[C@@H](c2cccnc2)N2CCCC2)cs1. The summed E-state index contributed by atoms with van der Waals surface area (Å²) in [6, 6.07) is 4.21. The highest BCUT2D eigenvalue weighted by Crippen LogP contribution is 2.24. The van der Waals surface area contributed by atoms with Gasteiger partial charge in [0.25, 0.3) is 5.91 Å². The number of carbonyl (C=O) groups is 1. The molecule has 0 saturated carbocycles. The zero-order valence-electron chi connectivity index (χ0n) is 12.7. The van der Waals surface area contributed by atoms with E-state index >= 15 is 0 Å². The molecule has 0 aromatic carbocycles. The van der Waals surface area contributed by atoms with Crippen molar-refractivity contribution in [2.75, 3.05) is 19.6 Å². The number of nitrogens with zero attached hydrogens (tertiary/aromatic N) is 3. The van der Waals surface area contributed by atoms with Crippen molar-refractivity contribution in [3.63, 3.8) is 0 Å². The van der Waals surface area contributed by atoms with Gasteiger partial charge in [-0.25, -0.2) is 4.98 Å². The molecular weight excluding hydrogens is 296 g/mol. The maximum Gasteiger partial charge on any atom is 0.270 e. The highest BCUT2D eigenvalue weighted by Gasteiger charge is 2.24. The van der Waals surface area contributed by atoms with Gasteiger partial charge in [0.05, 0.1) is 11.0 Å². The van der Waals surface area contributed by atoms with E-state index in [1.807, 2.05) is 19.2 Å². The Morgan fingerprint density at radius 1 is 1.45 bits per heavy atom. The number of hydrogen-bond donors (Lipinski definition) is 1. The third-order valence-corrected chi connectivity index (χ3v) is 4.73. The Morgan fingerprint density at radius 2 is 2.27 bits per heavy atom. The van der Waals surface area contributed by atoms with Crippen LogP contribution in [0.2, 0.25) is 0 Å². The second-order valence-corrected chi connectivity index (χ2v) is 6.57. The van der Waals surface area contributed by atoms with Crippen molar-refractivity contribution in [3.05, 3.63) is 46.2 Å². The van der Waals surface area contributed by atoms with E-state index in [1.165, 1.54) is 24.2 Å². The van der Waals surface area contributed by atoms with Crippen LogP contribution >= 0.6 is 11.3 Å². The van der Waals surface area contributed by atoms with Gasteiger partial charge in [-0.2, -0.15) is 0 Å². The van der Waals surface area contributed by atoms with Crippen molar-refractivity contribution < 1.29 is 4.79 Å². The largest absolute Gasteiger partial charge is 0.349 e. The zero-order chi connectivity index (χ0) is 15.4. The summed E-state index contributed by atoms with van der Waals surface area (Å²) in [7, 11) is 0. The number of amides is 1. The molecule has 1 fully saturated rings. The first-order chi connectivity index (χ1) is 10.7. The number of thiazole rings is 1. The first-order valence-electron chi connectivity index (χ1n) is 7.58. The van der Waals surface area contributed by atoms with E-state index in [4.69, 9.17) is 0 Å². The topological polar surface area (TPSA) is 58.1 Å². The molecule has 0 spiro atoms. The van der Waals surface area contributed by atoms with Crippen LogP contribution in [0.25, 0.3) is 0 Å². The smallest absolute Gasteiger partial charge is 0.270 e. The van der Waals surface area contributed by atoms with Crippen LogP contribution < -0.4 is 5.32 Å². The molecule has 22 heavy (non-hydrogen) atoms. The first kappa shape index (κ1) is 15.1. The summed E-state index contributed by atoms with van der Waals surface area (Å²) >= 11 is 1.50. The summed E-state index contributed by atoms with van der Waals surface area (Å²) in [5.74, 6) is -0.0996. The van der Waals surface area contributed by atoms with Crippen LogP contribution in [0.3, 0.4) is 0 Å². The molecule has 1 atom stereocenters. The van der Waals surface area contributed by atoms with Gasteiger partial charge in [0.1, 0.15) is 5.69 Å². The minimum Gasteiger partial charge on any atom is -0.349 e. The number of aryl methyl sites for hydroxylation is 1. The van der Waals surface area contributed by atoms with Crippen molar-refractivity contribution >= 4 is 17.2 Å². The van der Waals surface area contributed by atoms with Crippen LogP contribution in [0.15, 0.2) is 29.9 Å². The van der Waals surface area contributed by atoms with Gasteiger partial charge >= 0.3 is 0 Å². The average Bonchev–Trinajstić information content (AvgIpc) is 3.20. The van der Waals surface area contributed by atoms with Crippen molar-refractivity contribution in [1.29, 1.82) is 0 Å². The van der Waals surface area contributed by atoms with Crippen LogP contribution in [0.5, 0.6) is 0 Å². The molecule has 2 aromatic rings. The predicted molar refractivity (Wildman–Crippen MR) is 87.0 cm³/mol. The summed E-state index contributed by atoms with van der Waals surface area (Å²) in [4.78, 5) is 23.1. The van der Waals surface area contributed by atoms with Crippen LogP contribution in [-0.2, 0) is 0 Å². The van der Waals surface area contributed by atoms with Crippen molar-refractivity contribution in [1.82, 2.24) is 20.2 Å². The number of likely N-dealkylation sites (tertiary alicyclic amines) is 1. The third kappa shape index (κ3) is 3.51. The molecule has 1 aliphatic heterocycles. The molecule has 0 bridgehead atoms. The Labute approximate surface area is 134 Å². The molecule has 3 heterocycles. The number of pyridine rings is 1. The molecule has 5 nitrogen and oxygen atoms in total. The van der Waals surface area contributed by atoms with Gasteiger partial charge < -0.3 is 5.32 Å². The van der Waals surface area contributed by atoms with E-state index in [1.54, 1.807) is 11.6 Å². The van der Waals surface area contributed by atoms with Gasteiger partial charge in [0.2, 0.25) is 0 Å². The standard InChI is InChI=1S/C16H20N4OS/c1-12-19-14(11-22-12)16(21)18-10-15(20-7-2-3-8-20)13-5-4-6-17-9-13/h4-6,9,11,15H,2-3,7-8,10H2,1H3,(H,18,21)/t15-/m0/s1. The van der Waals surface area contributed by atoms with Gasteiger partial charge in [-0.1, -0.05) is 6.07 Å². The molecule has 3 rings (SSSR count). The molecule has 116 valence electrons. The number of rotatable bonds is 5. The van der Waals surface area contributed by atoms with E-state index in [0.717, 1.165) is 23.7 Å². The quantitative estimate of drug-likeness (QED) is 0.920. The molecule has 0 radical (unpaired) electrons. The molecule has 6 heteroatoms. The van der Waals surface area contributed by atoms with Crippen LogP contribution in [0, 0.1) is 6.92 Å². The average molecular weight is 316 g/mol. The Morgan fingerprint density at radius 3 is 2.91 bits per heavy atom. The van der Waals surface area contributed by atoms with Crippen LogP contribution in [-0.4, -0.2) is 40.4 Å². The monoisotopic (exact) mass is 316 g/mol. The van der Waals surface area contributed by atoms with Crippen molar-refractivity contribution in [3.8, 4) is 0 Å². The van der Waals surface area contributed by atoms with Crippen molar-refractivity contribution in [2.45, 2.75) is 25.8 Å². The Bertz CT molecular complexity index is 622. The van der Waals surface area contributed by atoms with E-state index in [2.05, 4.69) is 26.3 Å². The molecule has 2 aromatic heterocycles. The Hall–Kier alpha value is -1.79. The lowest BCUT2D eigenvalue weighted by Crippen LogP contribution is -2.37. The minimum absolute atomic E-state index is 0.0996. The summed E-state index contributed by atoms with van der Waals surface area (Å²) in [5.41, 5.74) is 1.66. The highest BCUT2D eigenvalue weighted by atomic mass is 32.1. The number of aromatic nitrogens is 2. The highest BCUT2D eigenvalue weighted by molar-refractivity contribution is 7.09. The normalized spacial score (nSPS) is 16.6. The lowest BCUT2D eigenvalue weighted by molar-refractivity contribution is 0.0933. The molecule has 1 aliphatic rings. The summed E-state index contributed by atoms with van der Waals surface area (Å²) in [6.07, 6.45) is 6.11. The Balaban J connectivity index is 1.69. The third-order valence-electron chi connectivity index (χ3n) is 3.96. The van der Waals surface area contributed by atoms with E-state index in [9.17, 15) is 4.79 Å². The fraction of sp³-hybridized carbons (Fsp3) is 0.438. The van der Waals surface area contributed by atoms with Gasteiger partial charge in [-0.05, 0) is 44.5 Å². The van der Waals surface area contributed by atoms with E-state index in [0.29, 0.717) is 12.2 Å². The van der Waals surface area contributed by atoms with Crippen LogP contribution in [0.4, 0.5) is 0 Å². The molecule has 0 aliphatic carbocycles. The Kier molecular flexibility index (Phi) is 4.80. The lowest BCUT2D eigenvalue weighted by Gasteiger charge is -2.27. The van der Waals surface area contributed by atoms with Crippen molar-refractivity contribution in [2.24, 2.45) is 0 Å². The summed E-state index contributed by atoms with van der Waals surface area (Å²) in [5, 5.41) is 5.74.